The van der Waals surface area contributed by atoms with Gasteiger partial charge in [0.15, 0.2) is 16.7 Å². The Kier molecular flexibility index (Phi) is 8.08. The zero-order valence-electron chi connectivity index (χ0n) is 23.8. The van der Waals surface area contributed by atoms with E-state index in [1.165, 1.54) is 24.3 Å². The number of fused-ring (bicyclic) bond motifs is 7. The number of aryl methyl sites for hydroxylation is 2. The van der Waals surface area contributed by atoms with Crippen molar-refractivity contribution in [1.29, 1.82) is 0 Å². The number of hydrogen-bond donors (Lipinski definition) is 3. The van der Waals surface area contributed by atoms with Crippen molar-refractivity contribution < 1.29 is 28.7 Å². The molecule has 3 N–H and O–H groups in total. The molecule has 0 atom stereocenters. The van der Waals surface area contributed by atoms with E-state index in [0.29, 0.717) is 51.5 Å². The van der Waals surface area contributed by atoms with Gasteiger partial charge in [0, 0.05) is 60.2 Å². The number of carbonyl (C=O) groups is 1. The van der Waals surface area contributed by atoms with Crippen LogP contribution in [0.3, 0.4) is 0 Å². The summed E-state index contributed by atoms with van der Waals surface area (Å²) in [6, 6.07) is 12.5. The van der Waals surface area contributed by atoms with Crippen LogP contribution in [0.25, 0.3) is 22.5 Å². The van der Waals surface area contributed by atoms with Gasteiger partial charge < -0.3 is 19.5 Å². The van der Waals surface area contributed by atoms with Gasteiger partial charge in [0.05, 0.1) is 11.4 Å². The van der Waals surface area contributed by atoms with E-state index in [1.54, 1.807) is 39.8 Å². The van der Waals surface area contributed by atoms with Gasteiger partial charge >= 0.3 is 13.2 Å². The van der Waals surface area contributed by atoms with Crippen LogP contribution in [-0.2, 0) is 38.0 Å². The molecule has 44 heavy (non-hydrogen) atoms. The first-order valence-electron chi connectivity index (χ1n) is 13.8. The third-order valence-electron chi connectivity index (χ3n) is 7.27. The molecule has 0 fully saturated rings. The minimum Gasteiger partial charge on any atom is -0.485 e. The molecule has 2 aromatic carbocycles. The van der Waals surface area contributed by atoms with Crippen LogP contribution in [0.4, 0.5) is 15.0 Å². The van der Waals surface area contributed by atoms with Gasteiger partial charge in [-0.1, -0.05) is 35.9 Å². The van der Waals surface area contributed by atoms with E-state index in [4.69, 9.17) is 21.1 Å². The summed E-state index contributed by atoms with van der Waals surface area (Å²) in [7, 11) is 0.230. The summed E-state index contributed by atoms with van der Waals surface area (Å²) in [5, 5.41) is 30.7. The van der Waals surface area contributed by atoms with Gasteiger partial charge in [-0.3, -0.25) is 14.7 Å². The number of amides is 1. The molecule has 0 saturated carbocycles. The zero-order chi connectivity index (χ0) is 31.0. The van der Waals surface area contributed by atoms with E-state index in [9.17, 15) is 19.2 Å². The van der Waals surface area contributed by atoms with Crippen LogP contribution in [0.1, 0.15) is 29.2 Å². The van der Waals surface area contributed by atoms with Crippen LogP contribution in [0.15, 0.2) is 60.9 Å². The zero-order valence-corrected chi connectivity index (χ0v) is 24.5. The average molecular weight is 617 g/mol. The molecular weight excluding hydrogens is 590 g/mol. The second-order valence-corrected chi connectivity index (χ2v) is 10.6. The SMILES string of the molecule is CCn1nc(Cl)c2c1-c1cnc(NC(=O)OCc3ccc(B(O)O)cc3)c(c1)OCc1cc(F)ccc1-c1nn(C)cc1C2. The molecule has 6 rings (SSSR count). The Morgan fingerprint density at radius 2 is 1.95 bits per heavy atom. The monoisotopic (exact) mass is 616 g/mol. The molecule has 4 heterocycles. The van der Waals surface area contributed by atoms with Gasteiger partial charge in [-0.15, -0.1) is 0 Å². The van der Waals surface area contributed by atoms with Crippen LogP contribution in [0.2, 0.25) is 5.15 Å². The van der Waals surface area contributed by atoms with Crippen molar-refractivity contribution in [3.05, 3.63) is 94.1 Å². The molecule has 224 valence electrons. The van der Waals surface area contributed by atoms with Gasteiger partial charge in [-0.25, -0.2) is 14.2 Å². The highest BCUT2D eigenvalue weighted by atomic mass is 35.5. The maximum absolute atomic E-state index is 14.5. The van der Waals surface area contributed by atoms with E-state index in [0.717, 1.165) is 16.8 Å². The Balaban J connectivity index is 1.37. The quantitative estimate of drug-likeness (QED) is 0.252. The van der Waals surface area contributed by atoms with E-state index < -0.39 is 19.0 Å². The highest BCUT2D eigenvalue weighted by Crippen LogP contribution is 2.38. The van der Waals surface area contributed by atoms with Crippen molar-refractivity contribution in [1.82, 2.24) is 24.5 Å². The number of ether oxygens (including phenoxy) is 2. The predicted octanol–water partition coefficient (Wildman–Crippen LogP) is 4.07. The normalized spacial score (nSPS) is 12.1. The number of benzene rings is 2. The topological polar surface area (TPSA) is 137 Å². The molecule has 2 bridgehead atoms. The van der Waals surface area contributed by atoms with E-state index in [1.807, 2.05) is 20.2 Å². The fourth-order valence-electron chi connectivity index (χ4n) is 5.18. The number of nitrogens with zero attached hydrogens (tertiary/aromatic N) is 5. The van der Waals surface area contributed by atoms with Crippen LogP contribution in [0.5, 0.6) is 5.75 Å². The third kappa shape index (κ3) is 5.89. The van der Waals surface area contributed by atoms with Crippen LogP contribution in [-0.4, -0.2) is 47.8 Å². The summed E-state index contributed by atoms with van der Waals surface area (Å²) in [6.07, 6.45) is 3.13. The molecule has 1 aliphatic rings. The lowest BCUT2D eigenvalue weighted by atomic mass is 9.80. The number of hydrogen-bond acceptors (Lipinski definition) is 8. The van der Waals surface area contributed by atoms with E-state index in [-0.39, 0.29) is 24.8 Å². The summed E-state index contributed by atoms with van der Waals surface area (Å²) in [6.45, 7) is 2.38. The van der Waals surface area contributed by atoms with Gasteiger partial charge in [-0.2, -0.15) is 10.2 Å². The first-order valence-corrected chi connectivity index (χ1v) is 14.2. The lowest BCUT2D eigenvalue weighted by Gasteiger charge is -2.17. The lowest BCUT2D eigenvalue weighted by molar-refractivity contribution is 0.155. The van der Waals surface area contributed by atoms with Gasteiger partial charge in [0.2, 0.25) is 0 Å². The molecule has 0 aliphatic carbocycles. The maximum Gasteiger partial charge on any atom is 0.488 e. The number of nitrogens with one attached hydrogen (secondary N) is 1. The van der Waals surface area contributed by atoms with Gasteiger partial charge in [0.1, 0.15) is 19.0 Å². The Bertz CT molecular complexity index is 1860. The van der Waals surface area contributed by atoms with Crippen molar-refractivity contribution in [3.63, 3.8) is 0 Å². The molecular formula is C30H27BClFN6O5. The Morgan fingerprint density at radius 1 is 1.16 bits per heavy atom. The highest BCUT2D eigenvalue weighted by molar-refractivity contribution is 6.58. The molecule has 0 saturated heterocycles. The van der Waals surface area contributed by atoms with Crippen molar-refractivity contribution in [2.75, 3.05) is 5.32 Å². The number of anilines is 1. The summed E-state index contributed by atoms with van der Waals surface area (Å²) in [5.41, 5.74) is 5.93. The average Bonchev–Trinajstić information content (AvgIpc) is 3.53. The lowest BCUT2D eigenvalue weighted by Crippen LogP contribution is -2.29. The van der Waals surface area contributed by atoms with Crippen molar-refractivity contribution >= 4 is 36.1 Å². The molecule has 3 aromatic heterocycles. The molecule has 0 unspecified atom stereocenters. The van der Waals surface area contributed by atoms with Crippen molar-refractivity contribution in [2.45, 2.75) is 33.1 Å². The third-order valence-corrected chi connectivity index (χ3v) is 7.58. The molecule has 5 aromatic rings. The first kappa shape index (κ1) is 29.4. The van der Waals surface area contributed by atoms with Gasteiger partial charge in [0.25, 0.3) is 0 Å². The summed E-state index contributed by atoms with van der Waals surface area (Å²) < 4.78 is 29.5. The summed E-state index contributed by atoms with van der Waals surface area (Å²) >= 11 is 6.69. The summed E-state index contributed by atoms with van der Waals surface area (Å²) in [4.78, 5) is 17.3. The fraction of sp³-hybridized carbons (Fsp3) is 0.200. The second-order valence-electron chi connectivity index (χ2n) is 10.3. The Morgan fingerprint density at radius 3 is 2.70 bits per heavy atom. The smallest absolute Gasteiger partial charge is 0.485 e. The second kappa shape index (κ2) is 12.1. The van der Waals surface area contributed by atoms with Gasteiger partial charge in [-0.05, 0) is 42.2 Å². The maximum atomic E-state index is 14.5. The minimum absolute atomic E-state index is 0.0400. The summed E-state index contributed by atoms with van der Waals surface area (Å²) in [5.74, 6) is -0.105. The molecule has 11 nitrogen and oxygen atoms in total. The van der Waals surface area contributed by atoms with E-state index >= 15 is 0 Å². The fourth-order valence-corrected chi connectivity index (χ4v) is 5.42. The molecule has 1 amide bonds. The van der Waals surface area contributed by atoms with E-state index in [2.05, 4.69) is 20.5 Å². The highest BCUT2D eigenvalue weighted by Gasteiger charge is 2.25. The minimum atomic E-state index is -1.59. The molecule has 1 aliphatic heterocycles. The van der Waals surface area contributed by atoms with Crippen LogP contribution in [0, 0.1) is 5.82 Å². The number of rotatable bonds is 5. The Hall–Kier alpha value is -4.72. The molecule has 0 radical (unpaired) electrons. The number of pyridine rings is 1. The number of carbonyl (C=O) groups excluding carboxylic acids is 1. The van der Waals surface area contributed by atoms with Crippen LogP contribution >= 0.6 is 11.6 Å². The van der Waals surface area contributed by atoms with Crippen LogP contribution < -0.4 is 15.5 Å². The largest absolute Gasteiger partial charge is 0.488 e. The molecule has 0 spiro atoms. The number of aromatic nitrogens is 5. The first-order chi connectivity index (χ1) is 21.2. The van der Waals surface area contributed by atoms with Crippen molar-refractivity contribution in [3.8, 4) is 28.3 Å². The predicted molar refractivity (Wildman–Crippen MR) is 162 cm³/mol. The molecule has 14 heteroatoms. The van der Waals surface area contributed by atoms with Crippen molar-refractivity contribution in [2.24, 2.45) is 7.05 Å². The standard InChI is InChI=1S/C30H27BClFN6O5/c1-3-39-27-18-12-25(29(34-13-18)35-30(40)44-15-17-4-6-21(7-5-17)31(41)42)43-16-20-10-22(33)8-9-23(20)26-19(14-38(2)36-26)11-24(27)28(32)37-39/h4-10,12-14,41-42H,3,11,15-16H2,1-2H3,(H,34,35,40). The Labute approximate surface area is 257 Å². The number of halogens is 2.